The summed E-state index contributed by atoms with van der Waals surface area (Å²) in [6.45, 7) is 7.79. The van der Waals surface area contributed by atoms with Crippen LogP contribution in [0.4, 0.5) is 0 Å². The molecule has 0 spiro atoms. The van der Waals surface area contributed by atoms with E-state index in [9.17, 15) is 9.59 Å². The number of rotatable bonds is 21. The van der Waals surface area contributed by atoms with Gasteiger partial charge in [-0.1, -0.05) is 65.2 Å². The van der Waals surface area contributed by atoms with Gasteiger partial charge in [-0.15, -0.1) is 0 Å². The van der Waals surface area contributed by atoms with Gasteiger partial charge in [0.1, 0.15) is 13.1 Å². The molecule has 2 aromatic heterocycles. The fraction of sp³-hybridized carbons (Fsp3) is 0.625. The third-order valence-electron chi connectivity index (χ3n) is 7.02. The standard InChI is InChI=1S/C32H50N4O2.2BrH/c1-3-5-21-33-31(37)29-17-25-35(26-18-29)23-15-13-11-9-7-8-10-12-14-16-24-36-27-19-30(20-28-36)32(38)34-22-6-4-2;;/h17-20,25-28H,3-16,21-24H2,1-2H3;2*1H. The molecule has 2 heterocycles. The average Bonchev–Trinajstić information content (AvgIpc) is 2.94. The van der Waals surface area contributed by atoms with Crippen molar-refractivity contribution in [2.45, 2.75) is 117 Å². The Bertz CT molecular complexity index is 833. The van der Waals surface area contributed by atoms with Gasteiger partial charge in [-0.05, 0) is 25.7 Å². The molecular weight excluding hydrogens is 632 g/mol. The van der Waals surface area contributed by atoms with Crippen LogP contribution in [0.3, 0.4) is 0 Å². The lowest BCUT2D eigenvalue weighted by Crippen LogP contribution is -3.00. The third-order valence-corrected chi connectivity index (χ3v) is 7.02. The van der Waals surface area contributed by atoms with E-state index in [1.807, 2.05) is 49.1 Å². The van der Waals surface area contributed by atoms with Gasteiger partial charge in [-0.3, -0.25) is 9.59 Å². The van der Waals surface area contributed by atoms with E-state index in [4.69, 9.17) is 0 Å². The molecule has 2 rings (SSSR count). The van der Waals surface area contributed by atoms with Gasteiger partial charge in [0.25, 0.3) is 11.8 Å². The van der Waals surface area contributed by atoms with E-state index in [0.717, 1.165) is 63.0 Å². The summed E-state index contributed by atoms with van der Waals surface area (Å²) in [5.74, 6) is 0.0542. The summed E-state index contributed by atoms with van der Waals surface area (Å²) >= 11 is 0. The number of nitrogens with zero attached hydrogens (tertiary/aromatic N) is 2. The van der Waals surface area contributed by atoms with E-state index in [1.165, 1.54) is 64.2 Å². The average molecular weight is 685 g/mol. The van der Waals surface area contributed by atoms with Gasteiger partial charge in [0.15, 0.2) is 24.8 Å². The molecule has 0 aliphatic carbocycles. The zero-order valence-corrected chi connectivity index (χ0v) is 28.0. The van der Waals surface area contributed by atoms with E-state index >= 15 is 0 Å². The minimum absolute atomic E-state index is 0. The first-order valence-electron chi connectivity index (χ1n) is 15.2. The van der Waals surface area contributed by atoms with Crippen molar-refractivity contribution in [1.29, 1.82) is 0 Å². The molecule has 226 valence electrons. The molecule has 0 aromatic carbocycles. The molecule has 0 unspecified atom stereocenters. The molecule has 0 bridgehead atoms. The maximum absolute atomic E-state index is 12.1. The topological polar surface area (TPSA) is 66.0 Å². The van der Waals surface area contributed by atoms with Crippen molar-refractivity contribution in [2.24, 2.45) is 0 Å². The molecule has 2 amide bonds. The number of halogens is 2. The van der Waals surface area contributed by atoms with Gasteiger partial charge in [0, 0.05) is 50.2 Å². The number of carbonyl (C=O) groups excluding carboxylic acids is 2. The van der Waals surface area contributed by atoms with Crippen molar-refractivity contribution < 1.29 is 52.7 Å². The van der Waals surface area contributed by atoms with Gasteiger partial charge >= 0.3 is 0 Å². The van der Waals surface area contributed by atoms with Crippen molar-refractivity contribution in [3.8, 4) is 0 Å². The molecule has 0 saturated carbocycles. The molecule has 40 heavy (non-hydrogen) atoms. The monoisotopic (exact) mass is 682 g/mol. The normalized spacial score (nSPS) is 10.3. The van der Waals surface area contributed by atoms with Crippen molar-refractivity contribution in [3.63, 3.8) is 0 Å². The Kier molecular flexibility index (Phi) is 23.8. The lowest BCUT2D eigenvalue weighted by molar-refractivity contribution is -0.697. The number of hydrogen-bond acceptors (Lipinski definition) is 2. The molecule has 8 heteroatoms. The third kappa shape index (κ3) is 17.1. The number of aromatic nitrogens is 2. The summed E-state index contributed by atoms with van der Waals surface area (Å²) < 4.78 is 4.36. The van der Waals surface area contributed by atoms with Gasteiger partial charge in [-0.25, -0.2) is 9.13 Å². The Morgan fingerprint density at radius 2 is 0.825 bits per heavy atom. The zero-order chi connectivity index (χ0) is 27.3. The Morgan fingerprint density at radius 3 is 1.12 bits per heavy atom. The van der Waals surface area contributed by atoms with Crippen LogP contribution in [-0.4, -0.2) is 24.9 Å². The number of unbranched alkanes of at least 4 members (excludes halogenated alkanes) is 11. The maximum Gasteiger partial charge on any atom is 0.251 e. The highest BCUT2D eigenvalue weighted by Gasteiger charge is 2.09. The number of amides is 2. The number of hydrogen-bond donors (Lipinski definition) is 2. The zero-order valence-electron chi connectivity index (χ0n) is 24.8. The second-order valence-corrected chi connectivity index (χ2v) is 10.4. The Balaban J connectivity index is 0.00000760. The minimum Gasteiger partial charge on any atom is -1.00 e. The van der Waals surface area contributed by atoms with E-state index in [-0.39, 0.29) is 45.8 Å². The van der Waals surface area contributed by atoms with Crippen LogP contribution < -0.4 is 53.7 Å². The van der Waals surface area contributed by atoms with Crippen LogP contribution in [0.25, 0.3) is 0 Å². The summed E-state index contributed by atoms with van der Waals surface area (Å²) in [5, 5.41) is 5.93. The summed E-state index contributed by atoms with van der Waals surface area (Å²) in [6.07, 6.45) is 25.2. The number of nitrogens with one attached hydrogen (secondary N) is 2. The maximum atomic E-state index is 12.1. The van der Waals surface area contributed by atoms with Gasteiger partial charge < -0.3 is 44.6 Å². The van der Waals surface area contributed by atoms with Crippen molar-refractivity contribution in [1.82, 2.24) is 10.6 Å². The first-order valence-corrected chi connectivity index (χ1v) is 15.2. The molecule has 0 atom stereocenters. The number of carbonyl (C=O) groups is 2. The summed E-state index contributed by atoms with van der Waals surface area (Å²) in [4.78, 5) is 24.2. The van der Waals surface area contributed by atoms with Crippen LogP contribution in [0.15, 0.2) is 49.1 Å². The summed E-state index contributed by atoms with van der Waals surface area (Å²) in [6, 6.07) is 7.69. The summed E-state index contributed by atoms with van der Waals surface area (Å²) in [5.41, 5.74) is 1.49. The molecular formula is C32H52Br2N4O2. The highest BCUT2D eigenvalue weighted by molar-refractivity contribution is 5.94. The molecule has 0 fully saturated rings. The van der Waals surface area contributed by atoms with Crippen LogP contribution in [0.1, 0.15) is 124 Å². The second kappa shape index (κ2) is 25.0. The van der Waals surface area contributed by atoms with Crippen LogP contribution in [0.2, 0.25) is 0 Å². The Hall–Kier alpha value is -1.80. The first kappa shape index (κ1) is 38.2. The van der Waals surface area contributed by atoms with Crippen molar-refractivity contribution in [2.75, 3.05) is 13.1 Å². The van der Waals surface area contributed by atoms with E-state index in [1.54, 1.807) is 0 Å². The molecule has 0 saturated heterocycles. The quantitative estimate of drug-likeness (QED) is 0.143. The van der Waals surface area contributed by atoms with Crippen molar-refractivity contribution >= 4 is 11.8 Å². The first-order chi connectivity index (χ1) is 18.6. The van der Waals surface area contributed by atoms with Crippen LogP contribution in [-0.2, 0) is 13.1 Å². The lowest BCUT2D eigenvalue weighted by atomic mass is 10.1. The molecule has 6 nitrogen and oxygen atoms in total. The van der Waals surface area contributed by atoms with E-state index in [2.05, 4.69) is 33.6 Å². The lowest BCUT2D eigenvalue weighted by Gasteiger charge is -2.04. The smallest absolute Gasteiger partial charge is 0.251 e. The van der Waals surface area contributed by atoms with Crippen LogP contribution in [0, 0.1) is 0 Å². The molecule has 0 radical (unpaired) electrons. The number of pyridine rings is 2. The number of aryl methyl sites for hydroxylation is 2. The van der Waals surface area contributed by atoms with Gasteiger partial charge in [0.2, 0.25) is 0 Å². The molecule has 2 aromatic rings. The van der Waals surface area contributed by atoms with Crippen molar-refractivity contribution in [3.05, 3.63) is 60.2 Å². The van der Waals surface area contributed by atoms with Gasteiger partial charge in [0.05, 0.1) is 11.1 Å². The molecule has 0 aliphatic rings. The van der Waals surface area contributed by atoms with Crippen LogP contribution >= 0.6 is 0 Å². The highest BCUT2D eigenvalue weighted by atomic mass is 79.9. The fourth-order valence-corrected chi connectivity index (χ4v) is 4.48. The van der Waals surface area contributed by atoms with E-state index in [0.29, 0.717) is 0 Å². The fourth-order valence-electron chi connectivity index (χ4n) is 4.48. The largest absolute Gasteiger partial charge is 1.00 e. The van der Waals surface area contributed by atoms with E-state index < -0.39 is 0 Å². The Labute approximate surface area is 264 Å². The SMILES string of the molecule is CCCCNC(=O)c1cc[n+](CCCCCCCCCCCC[n+]2ccc(C(=O)NCCCC)cc2)cc1.[Br-].[Br-]. The molecule has 0 aliphatic heterocycles. The predicted octanol–water partition coefficient (Wildman–Crippen LogP) is -0.0694. The van der Waals surface area contributed by atoms with Crippen LogP contribution in [0.5, 0.6) is 0 Å². The molecule has 2 N–H and O–H groups in total. The summed E-state index contributed by atoms with van der Waals surface area (Å²) in [7, 11) is 0. The van der Waals surface area contributed by atoms with Gasteiger partial charge in [-0.2, -0.15) is 0 Å². The second-order valence-electron chi connectivity index (χ2n) is 10.4. The highest BCUT2D eigenvalue weighted by Crippen LogP contribution is 2.11. The predicted molar refractivity (Wildman–Crippen MR) is 154 cm³/mol. The Morgan fingerprint density at radius 1 is 0.525 bits per heavy atom. The minimum atomic E-state index is 0.